The Morgan fingerprint density at radius 1 is 1.02 bits per heavy atom. The van der Waals surface area contributed by atoms with Crippen LogP contribution in [0.25, 0.3) is 16.7 Å². The first kappa shape index (κ1) is 26.2. The number of fused-ring (bicyclic) bond motifs is 2. The van der Waals surface area contributed by atoms with Crippen LogP contribution in [0.15, 0.2) is 59.7 Å². The minimum absolute atomic E-state index is 0.0323. The number of likely N-dealkylation sites (N-methyl/N-ethyl adjacent to an activating group) is 1. The number of carbonyl (C=O) groups excluding carboxylic acids is 1. The molecule has 2 aromatic carbocycles. The molecule has 1 aliphatic carbocycles. The molecule has 3 heterocycles. The molecule has 40 heavy (non-hydrogen) atoms. The van der Waals surface area contributed by atoms with E-state index in [4.69, 9.17) is 9.72 Å². The van der Waals surface area contributed by atoms with Gasteiger partial charge in [-0.2, -0.15) is 4.98 Å². The van der Waals surface area contributed by atoms with E-state index in [1.165, 1.54) is 22.9 Å². The zero-order valence-corrected chi connectivity index (χ0v) is 23.0. The molecule has 0 atom stereocenters. The van der Waals surface area contributed by atoms with Gasteiger partial charge in [0.2, 0.25) is 11.4 Å². The Hall–Kier alpha value is -4.08. The van der Waals surface area contributed by atoms with Crippen molar-refractivity contribution >= 4 is 28.6 Å². The molecule has 2 aliphatic rings. The largest absolute Gasteiger partial charge is 0.462 e. The van der Waals surface area contributed by atoms with Gasteiger partial charge >= 0.3 is 5.97 Å². The molecule has 9 nitrogen and oxygen atoms in total. The molecular weight excluding hydrogens is 504 g/mol. The van der Waals surface area contributed by atoms with Crippen molar-refractivity contribution < 1.29 is 9.53 Å². The van der Waals surface area contributed by atoms with E-state index in [9.17, 15) is 9.59 Å². The third-order valence-electron chi connectivity index (χ3n) is 7.81. The molecule has 9 heteroatoms. The second kappa shape index (κ2) is 11.2. The quantitative estimate of drug-likeness (QED) is 0.354. The number of piperazine rings is 1. The van der Waals surface area contributed by atoms with E-state index in [2.05, 4.69) is 51.4 Å². The molecule has 0 saturated carbocycles. The first-order valence-corrected chi connectivity index (χ1v) is 14.0. The summed E-state index contributed by atoms with van der Waals surface area (Å²) >= 11 is 0. The summed E-state index contributed by atoms with van der Waals surface area (Å²) < 4.78 is 6.98. The summed E-state index contributed by atoms with van der Waals surface area (Å²) in [5.74, 6) is -0.277. The van der Waals surface area contributed by atoms with E-state index in [-0.39, 0.29) is 17.6 Å². The lowest BCUT2D eigenvalue weighted by Gasteiger charge is -2.32. The number of aryl methyl sites for hydroxylation is 2. The van der Waals surface area contributed by atoms with Crippen LogP contribution in [0, 0.1) is 0 Å². The Morgan fingerprint density at radius 2 is 1.80 bits per heavy atom. The summed E-state index contributed by atoms with van der Waals surface area (Å²) in [4.78, 5) is 39.9. The van der Waals surface area contributed by atoms with Gasteiger partial charge in [0.25, 0.3) is 0 Å². The van der Waals surface area contributed by atoms with Crippen LogP contribution in [0.2, 0.25) is 0 Å². The maximum absolute atomic E-state index is 13.3. The molecule has 4 aromatic rings. The second-order valence-corrected chi connectivity index (χ2v) is 10.6. The van der Waals surface area contributed by atoms with Crippen LogP contribution in [-0.4, -0.2) is 70.1 Å². The van der Waals surface area contributed by atoms with Gasteiger partial charge in [0, 0.05) is 56.5 Å². The molecule has 206 valence electrons. The summed E-state index contributed by atoms with van der Waals surface area (Å²) in [7, 11) is 2.16. The van der Waals surface area contributed by atoms with Gasteiger partial charge in [-0.05, 0) is 74.2 Å². The number of aromatic nitrogens is 3. The number of pyridine rings is 1. The van der Waals surface area contributed by atoms with Gasteiger partial charge in [-0.25, -0.2) is 9.78 Å². The molecule has 1 N–H and O–H groups in total. The van der Waals surface area contributed by atoms with Gasteiger partial charge in [-0.15, -0.1) is 0 Å². The van der Waals surface area contributed by atoms with Crippen molar-refractivity contribution in [3.05, 3.63) is 87.3 Å². The Bertz CT molecular complexity index is 1610. The predicted octanol–water partition coefficient (Wildman–Crippen LogP) is 3.94. The number of carbonyl (C=O) groups is 1. The topological polar surface area (TPSA) is 92.6 Å². The van der Waals surface area contributed by atoms with Crippen molar-refractivity contribution in [1.82, 2.24) is 24.3 Å². The first-order chi connectivity index (χ1) is 19.5. The molecule has 0 spiro atoms. The number of anilines is 2. The van der Waals surface area contributed by atoms with E-state index >= 15 is 0 Å². The highest BCUT2D eigenvalue weighted by atomic mass is 16.5. The zero-order valence-electron chi connectivity index (χ0n) is 23.0. The maximum atomic E-state index is 13.3. The average molecular weight is 539 g/mol. The third-order valence-corrected chi connectivity index (χ3v) is 7.81. The molecule has 0 unspecified atom stereocenters. The van der Waals surface area contributed by atoms with Crippen molar-refractivity contribution in [3.63, 3.8) is 0 Å². The number of esters is 1. The number of benzene rings is 2. The first-order valence-electron chi connectivity index (χ1n) is 14.0. The molecule has 1 fully saturated rings. The zero-order chi connectivity index (χ0) is 27.6. The summed E-state index contributed by atoms with van der Waals surface area (Å²) in [5, 5.41) is 3.54. The Morgan fingerprint density at radius 3 is 2.58 bits per heavy atom. The monoisotopic (exact) mass is 538 g/mol. The van der Waals surface area contributed by atoms with Gasteiger partial charge < -0.3 is 19.5 Å². The van der Waals surface area contributed by atoms with E-state index < -0.39 is 11.4 Å². The van der Waals surface area contributed by atoms with E-state index in [0.717, 1.165) is 63.4 Å². The molecule has 6 rings (SSSR count). The highest BCUT2D eigenvalue weighted by Gasteiger charge is 2.20. The molecule has 1 aliphatic heterocycles. The molecular formula is C31H34N6O3. The number of nitrogens with one attached hydrogen (secondary N) is 1. The van der Waals surface area contributed by atoms with Crippen LogP contribution in [-0.2, 0) is 24.1 Å². The van der Waals surface area contributed by atoms with Gasteiger partial charge in [-0.3, -0.25) is 9.69 Å². The highest BCUT2D eigenvalue weighted by molar-refractivity contribution is 5.93. The van der Waals surface area contributed by atoms with Crippen LogP contribution in [0.5, 0.6) is 0 Å². The van der Waals surface area contributed by atoms with Gasteiger partial charge in [-0.1, -0.05) is 18.2 Å². The van der Waals surface area contributed by atoms with Crippen LogP contribution in [0.1, 0.15) is 40.4 Å². The third kappa shape index (κ3) is 5.35. The fourth-order valence-electron chi connectivity index (χ4n) is 5.52. The number of rotatable bonds is 7. The molecule has 0 radical (unpaired) electrons. The van der Waals surface area contributed by atoms with Crippen molar-refractivity contribution in [2.75, 3.05) is 45.2 Å². The van der Waals surface area contributed by atoms with E-state index in [1.807, 2.05) is 18.2 Å². The van der Waals surface area contributed by atoms with Crippen LogP contribution in [0.3, 0.4) is 0 Å². The standard InChI is InChI=1S/C31H34N6O3/c1-3-40-30(39)27-20-37(25-12-9-22-5-4-6-23(22)17-25)29-26(28(27)38)18-32-31(34-29)33-24-10-7-21(8-11-24)19-36-15-13-35(2)14-16-36/h7-12,17-18,20H,3-6,13-16,19H2,1-2H3,(H,32,33,34). The number of hydrogen-bond donors (Lipinski definition) is 1. The van der Waals surface area contributed by atoms with Crippen LogP contribution >= 0.6 is 0 Å². The predicted molar refractivity (Wildman–Crippen MR) is 156 cm³/mol. The Balaban J connectivity index is 1.32. The minimum Gasteiger partial charge on any atom is -0.462 e. The summed E-state index contributed by atoms with van der Waals surface area (Å²) in [6.07, 6.45) is 6.24. The van der Waals surface area contributed by atoms with Crippen LogP contribution in [0.4, 0.5) is 11.6 Å². The van der Waals surface area contributed by atoms with Crippen molar-refractivity contribution in [2.45, 2.75) is 32.7 Å². The number of hydrogen-bond acceptors (Lipinski definition) is 8. The summed E-state index contributed by atoms with van der Waals surface area (Å²) in [6.45, 7) is 7.17. The molecule has 0 amide bonds. The number of ether oxygens (including phenoxy) is 1. The van der Waals surface area contributed by atoms with Crippen molar-refractivity contribution in [1.29, 1.82) is 0 Å². The van der Waals surface area contributed by atoms with Gasteiger partial charge in [0.1, 0.15) is 5.56 Å². The summed E-state index contributed by atoms with van der Waals surface area (Å²) in [6, 6.07) is 14.5. The van der Waals surface area contributed by atoms with Gasteiger partial charge in [0.15, 0.2) is 5.65 Å². The smallest absolute Gasteiger partial charge is 0.343 e. The Labute approximate surface area is 233 Å². The average Bonchev–Trinajstić information content (AvgIpc) is 3.44. The Kier molecular flexibility index (Phi) is 7.32. The molecule has 1 saturated heterocycles. The van der Waals surface area contributed by atoms with E-state index in [1.54, 1.807) is 17.7 Å². The molecule has 2 aromatic heterocycles. The van der Waals surface area contributed by atoms with Crippen LogP contribution < -0.4 is 10.7 Å². The lowest BCUT2D eigenvalue weighted by atomic mass is 10.1. The lowest BCUT2D eigenvalue weighted by molar-refractivity contribution is 0.0524. The van der Waals surface area contributed by atoms with Crippen molar-refractivity contribution in [3.8, 4) is 5.69 Å². The SMILES string of the molecule is CCOC(=O)c1cn(-c2ccc3c(c2)CCC3)c2nc(Nc3ccc(CN4CCN(C)CC4)cc3)ncc2c1=O. The normalized spacial score (nSPS) is 15.8. The minimum atomic E-state index is -0.650. The fourth-order valence-corrected chi connectivity index (χ4v) is 5.52. The van der Waals surface area contributed by atoms with E-state index in [0.29, 0.717) is 11.6 Å². The van der Waals surface area contributed by atoms with Crippen molar-refractivity contribution in [2.24, 2.45) is 0 Å². The molecule has 0 bridgehead atoms. The maximum Gasteiger partial charge on any atom is 0.343 e. The lowest BCUT2D eigenvalue weighted by Crippen LogP contribution is -2.43. The second-order valence-electron chi connectivity index (χ2n) is 10.6. The number of nitrogens with zero attached hydrogens (tertiary/aromatic N) is 5. The van der Waals surface area contributed by atoms with Gasteiger partial charge in [0.05, 0.1) is 12.0 Å². The highest BCUT2D eigenvalue weighted by Crippen LogP contribution is 2.26. The fraction of sp³-hybridized carbons (Fsp3) is 0.355. The summed E-state index contributed by atoms with van der Waals surface area (Å²) in [5.41, 5.74) is 5.54.